The third kappa shape index (κ3) is 3.34. The summed E-state index contributed by atoms with van der Waals surface area (Å²) in [6, 6.07) is 6.75. The summed E-state index contributed by atoms with van der Waals surface area (Å²) < 4.78 is 6.51. The van der Waals surface area contributed by atoms with Gasteiger partial charge in [0.25, 0.3) is 11.1 Å². The highest BCUT2D eigenvalue weighted by molar-refractivity contribution is 7.18. The van der Waals surface area contributed by atoms with Crippen molar-refractivity contribution in [2.45, 2.75) is 32.8 Å². The number of nitrogens with zero attached hydrogens (tertiary/aromatic N) is 3. The van der Waals surface area contributed by atoms with E-state index >= 15 is 0 Å². The zero-order valence-corrected chi connectivity index (χ0v) is 17.9. The van der Waals surface area contributed by atoms with Crippen LogP contribution in [0.4, 0.5) is 0 Å². The second kappa shape index (κ2) is 7.42. The van der Waals surface area contributed by atoms with Gasteiger partial charge >= 0.3 is 5.97 Å². The largest absolute Gasteiger partial charge is 0.453 e. The van der Waals surface area contributed by atoms with Crippen molar-refractivity contribution in [3.05, 3.63) is 66.9 Å². The zero-order valence-electron chi connectivity index (χ0n) is 17.1. The first-order valence-corrected chi connectivity index (χ1v) is 10.9. The summed E-state index contributed by atoms with van der Waals surface area (Å²) >= 11 is 1.55. The predicted octanol–water partition coefficient (Wildman–Crippen LogP) is 2.71. The van der Waals surface area contributed by atoms with Crippen molar-refractivity contribution in [3.8, 4) is 0 Å². The van der Waals surface area contributed by atoms with Gasteiger partial charge in [0.1, 0.15) is 17.3 Å². The summed E-state index contributed by atoms with van der Waals surface area (Å²) in [5.74, 6) is 0.199. The monoisotopic (exact) mass is 436 g/mol. The highest BCUT2D eigenvalue weighted by atomic mass is 32.1. The van der Waals surface area contributed by atoms with E-state index in [1.54, 1.807) is 35.6 Å². The summed E-state index contributed by atoms with van der Waals surface area (Å²) in [6.45, 7) is 2.02. The van der Waals surface area contributed by atoms with Gasteiger partial charge in [-0.2, -0.15) is 5.10 Å². The second-order valence-electron chi connectivity index (χ2n) is 7.94. The van der Waals surface area contributed by atoms with E-state index in [2.05, 4.69) is 22.0 Å². The number of benzene rings is 1. The third-order valence-electron chi connectivity index (χ3n) is 5.70. The quantitative estimate of drug-likeness (QED) is 0.495. The third-order valence-corrected chi connectivity index (χ3v) is 6.85. The number of nitrogens with one attached hydrogen (secondary N) is 1. The van der Waals surface area contributed by atoms with E-state index in [4.69, 9.17) is 4.74 Å². The minimum absolute atomic E-state index is 0.0432. The van der Waals surface area contributed by atoms with Crippen molar-refractivity contribution < 1.29 is 9.53 Å². The minimum atomic E-state index is -0.686. The molecular formula is C22H20N4O4S. The smallest absolute Gasteiger partial charge is 0.359 e. The van der Waals surface area contributed by atoms with Crippen LogP contribution in [0.2, 0.25) is 0 Å². The van der Waals surface area contributed by atoms with Crippen molar-refractivity contribution in [2.75, 3.05) is 0 Å². The van der Waals surface area contributed by atoms with Crippen LogP contribution in [0.1, 0.15) is 40.1 Å². The fourth-order valence-corrected chi connectivity index (χ4v) is 5.52. The van der Waals surface area contributed by atoms with Crippen LogP contribution in [-0.4, -0.2) is 25.7 Å². The van der Waals surface area contributed by atoms with E-state index in [1.165, 1.54) is 11.9 Å². The summed E-state index contributed by atoms with van der Waals surface area (Å²) in [5, 5.41) is 5.54. The van der Waals surface area contributed by atoms with E-state index in [0.29, 0.717) is 26.9 Å². The van der Waals surface area contributed by atoms with Crippen molar-refractivity contribution in [3.63, 3.8) is 0 Å². The van der Waals surface area contributed by atoms with Crippen LogP contribution in [0.5, 0.6) is 0 Å². The Kier molecular flexibility index (Phi) is 4.70. The van der Waals surface area contributed by atoms with E-state index in [9.17, 15) is 14.4 Å². The standard InChI is InChI=1S/C22H20N4O4S/c1-11-7-8-14-15(9-11)31-20-17(14)19(27)23-16(24-20)10-30-22(29)18-12-5-3-4-6-13(12)21(28)26(2)25-18/h3-6,11H,7-10H2,1-2H3,(H,23,24,27)/t11-/m0/s1. The molecule has 31 heavy (non-hydrogen) atoms. The maximum absolute atomic E-state index is 12.7. The van der Waals surface area contributed by atoms with Crippen LogP contribution in [0, 0.1) is 5.92 Å². The molecule has 3 aromatic heterocycles. The number of carbonyl (C=O) groups is 1. The minimum Gasteiger partial charge on any atom is -0.453 e. The molecule has 4 aromatic rings. The number of aromatic amines is 1. The van der Waals surface area contributed by atoms with Gasteiger partial charge in [0.05, 0.1) is 10.8 Å². The SMILES string of the molecule is C[C@H]1CCc2c(sc3nc(COC(=O)c4nn(C)c(=O)c5ccccc45)[nH]c(=O)c23)C1. The van der Waals surface area contributed by atoms with Crippen LogP contribution < -0.4 is 11.1 Å². The molecule has 0 radical (unpaired) electrons. The molecule has 1 aromatic carbocycles. The second-order valence-corrected chi connectivity index (χ2v) is 9.03. The molecule has 1 atom stereocenters. The number of hydrogen-bond acceptors (Lipinski definition) is 7. The molecule has 8 nitrogen and oxygen atoms in total. The first-order chi connectivity index (χ1) is 14.9. The van der Waals surface area contributed by atoms with Crippen molar-refractivity contribution in [1.29, 1.82) is 0 Å². The molecule has 3 heterocycles. The molecule has 158 valence electrons. The topological polar surface area (TPSA) is 107 Å². The van der Waals surface area contributed by atoms with E-state index in [-0.39, 0.29) is 29.2 Å². The number of rotatable bonds is 3. The summed E-state index contributed by atoms with van der Waals surface area (Å²) in [6.07, 6.45) is 2.92. The zero-order chi connectivity index (χ0) is 21.7. The summed E-state index contributed by atoms with van der Waals surface area (Å²) in [7, 11) is 1.48. The average molecular weight is 436 g/mol. The highest BCUT2D eigenvalue weighted by Crippen LogP contribution is 2.35. The van der Waals surface area contributed by atoms with Crippen LogP contribution in [0.25, 0.3) is 21.0 Å². The van der Waals surface area contributed by atoms with Crippen molar-refractivity contribution in [1.82, 2.24) is 19.7 Å². The number of carbonyl (C=O) groups excluding carboxylic acids is 1. The fraction of sp³-hybridized carbons (Fsp3) is 0.318. The first kappa shape index (κ1) is 19.6. The molecule has 0 amide bonds. The van der Waals surface area contributed by atoms with Gasteiger partial charge in [-0.3, -0.25) is 9.59 Å². The number of esters is 1. The van der Waals surface area contributed by atoms with Crippen molar-refractivity contribution >= 4 is 38.3 Å². The lowest BCUT2D eigenvalue weighted by molar-refractivity contribution is 0.0455. The molecule has 0 bridgehead atoms. The molecule has 1 N–H and O–H groups in total. The molecular weight excluding hydrogens is 416 g/mol. The molecule has 0 saturated carbocycles. The molecule has 0 unspecified atom stereocenters. The lowest BCUT2D eigenvalue weighted by Gasteiger charge is -2.17. The average Bonchev–Trinajstić information content (AvgIpc) is 3.12. The van der Waals surface area contributed by atoms with Gasteiger partial charge < -0.3 is 9.72 Å². The maximum atomic E-state index is 12.7. The van der Waals surface area contributed by atoms with Gasteiger partial charge in [-0.1, -0.05) is 25.1 Å². The molecule has 0 fully saturated rings. The van der Waals surface area contributed by atoms with Gasteiger partial charge in [-0.15, -0.1) is 11.3 Å². The lowest BCUT2D eigenvalue weighted by atomic mass is 9.89. The number of hydrogen-bond donors (Lipinski definition) is 1. The number of aryl methyl sites for hydroxylation is 2. The van der Waals surface area contributed by atoms with Gasteiger partial charge in [0.2, 0.25) is 0 Å². The molecule has 0 saturated heterocycles. The molecule has 9 heteroatoms. The summed E-state index contributed by atoms with van der Waals surface area (Å²) in [5.41, 5.74) is 0.659. The molecule has 1 aliphatic carbocycles. The van der Waals surface area contributed by atoms with Gasteiger partial charge in [0, 0.05) is 17.3 Å². The maximum Gasteiger partial charge on any atom is 0.359 e. The van der Waals surface area contributed by atoms with Crippen LogP contribution in [0.15, 0.2) is 33.9 Å². The van der Waals surface area contributed by atoms with E-state index in [1.807, 2.05) is 0 Å². The Morgan fingerprint density at radius 3 is 2.87 bits per heavy atom. The number of H-pyrrole nitrogens is 1. The Balaban J connectivity index is 1.45. The Morgan fingerprint density at radius 1 is 1.29 bits per heavy atom. The molecule has 0 spiro atoms. The lowest BCUT2D eigenvalue weighted by Crippen LogP contribution is -2.24. The molecule has 1 aliphatic rings. The number of ether oxygens (including phenoxy) is 1. The van der Waals surface area contributed by atoms with E-state index in [0.717, 1.165) is 29.5 Å². The summed E-state index contributed by atoms with van der Waals surface area (Å²) in [4.78, 5) is 46.9. The van der Waals surface area contributed by atoms with Crippen LogP contribution in [0.3, 0.4) is 0 Å². The Bertz CT molecular complexity index is 1470. The predicted molar refractivity (Wildman–Crippen MR) is 118 cm³/mol. The number of aromatic nitrogens is 4. The molecule has 5 rings (SSSR count). The Morgan fingerprint density at radius 2 is 2.06 bits per heavy atom. The van der Waals surface area contributed by atoms with E-state index < -0.39 is 5.97 Å². The number of thiophene rings is 1. The van der Waals surface area contributed by atoms with Gasteiger partial charge in [-0.05, 0) is 36.8 Å². The van der Waals surface area contributed by atoms with Crippen molar-refractivity contribution in [2.24, 2.45) is 13.0 Å². The van der Waals surface area contributed by atoms with Gasteiger partial charge in [-0.25, -0.2) is 14.5 Å². The van der Waals surface area contributed by atoms with Crippen LogP contribution >= 0.6 is 11.3 Å². The normalized spacial score (nSPS) is 15.9. The number of fused-ring (bicyclic) bond motifs is 4. The highest BCUT2D eigenvalue weighted by Gasteiger charge is 2.23. The van der Waals surface area contributed by atoms with Crippen LogP contribution in [-0.2, 0) is 31.2 Å². The van der Waals surface area contributed by atoms with Gasteiger partial charge in [0.15, 0.2) is 5.69 Å². The molecule has 0 aliphatic heterocycles. The Hall–Kier alpha value is -3.33. The fourth-order valence-electron chi connectivity index (χ4n) is 4.11. The first-order valence-electron chi connectivity index (χ1n) is 10.1. The Labute approximate surface area is 180 Å².